The first-order valence-electron chi connectivity index (χ1n) is 3.61. The van der Waals surface area contributed by atoms with Crippen LogP contribution in [0.1, 0.15) is 5.56 Å². The highest BCUT2D eigenvalue weighted by molar-refractivity contribution is 6.59. The third-order valence-electron chi connectivity index (χ3n) is 1.54. The van der Waals surface area contributed by atoms with Gasteiger partial charge >= 0.3 is 0 Å². The molecule has 0 spiro atoms. The Morgan fingerprint density at radius 1 is 1.33 bits per heavy atom. The van der Waals surface area contributed by atoms with E-state index in [0.29, 0.717) is 9.52 Å². The second-order valence-corrected chi connectivity index (χ2v) is 3.53. The fourth-order valence-electron chi connectivity index (χ4n) is 1.00. The summed E-state index contributed by atoms with van der Waals surface area (Å²) >= 11 is 0. The molecule has 60 valence electrons. The molecule has 0 atom stereocenters. The van der Waals surface area contributed by atoms with Gasteiger partial charge in [0.1, 0.15) is 15.3 Å². The monoisotopic (exact) mass is 174 g/mol. The third-order valence-corrected chi connectivity index (χ3v) is 2.50. The fraction of sp³-hybridized carbons (Fsp3) is 0. The van der Waals surface area contributed by atoms with Crippen molar-refractivity contribution in [2.24, 2.45) is 0 Å². The van der Waals surface area contributed by atoms with Crippen LogP contribution in [0.3, 0.4) is 0 Å². The van der Waals surface area contributed by atoms with Gasteiger partial charge in [0, 0.05) is 5.56 Å². The van der Waals surface area contributed by atoms with Gasteiger partial charge in [-0.3, -0.25) is 0 Å². The first kappa shape index (κ1) is 8.81. The van der Waals surface area contributed by atoms with E-state index in [4.69, 9.17) is 0 Å². The summed E-state index contributed by atoms with van der Waals surface area (Å²) in [6.45, 7) is 7.30. The molecule has 1 aromatic carbocycles. The molecule has 1 N–H and O–H groups in total. The number of aromatic hydroxyl groups is 1. The number of benzene rings is 1. The molecule has 1 nitrogen and oxygen atoms in total. The first-order chi connectivity index (χ1) is 5.79. The topological polar surface area (TPSA) is 20.2 Å². The molecule has 0 aromatic heterocycles. The number of rotatable bonds is 3. The summed E-state index contributed by atoms with van der Waals surface area (Å²) in [5.41, 5.74) is 2.65. The van der Waals surface area contributed by atoms with Crippen LogP contribution in [0.4, 0.5) is 0 Å². The molecule has 1 aromatic rings. The Hall–Kier alpha value is -1.28. The lowest BCUT2D eigenvalue weighted by Crippen LogP contribution is -2.14. The molecule has 1 rings (SSSR count). The van der Waals surface area contributed by atoms with E-state index in [9.17, 15) is 5.11 Å². The van der Waals surface area contributed by atoms with Gasteiger partial charge in [0.05, 0.1) is 0 Å². The van der Waals surface area contributed by atoms with E-state index in [-0.39, 0.29) is 5.75 Å². The maximum absolute atomic E-state index is 9.42. The Morgan fingerprint density at radius 3 is 2.67 bits per heavy atom. The van der Waals surface area contributed by atoms with Crippen LogP contribution in [-0.2, 0) is 0 Å². The molecule has 0 aliphatic carbocycles. The Kier molecular flexibility index (Phi) is 2.88. The zero-order valence-corrected chi connectivity index (χ0v) is 7.75. The van der Waals surface area contributed by atoms with E-state index >= 15 is 0 Å². The molecule has 0 saturated carbocycles. The summed E-state index contributed by atoms with van der Waals surface area (Å²) in [7, 11) is 0.522. The van der Waals surface area contributed by atoms with Crippen molar-refractivity contribution in [2.45, 2.75) is 0 Å². The largest absolute Gasteiger partial charge is 0.507 e. The van der Waals surface area contributed by atoms with Gasteiger partial charge in [-0.2, -0.15) is 0 Å². The molecule has 2 radical (unpaired) electrons. The van der Waals surface area contributed by atoms with Gasteiger partial charge in [-0.15, -0.1) is 12.3 Å². The van der Waals surface area contributed by atoms with Crippen molar-refractivity contribution in [3.63, 3.8) is 0 Å². The van der Waals surface area contributed by atoms with Crippen molar-refractivity contribution < 1.29 is 5.11 Å². The Balaban J connectivity index is 3.17. The Labute approximate surface area is 74.9 Å². The normalized spacial score (nSPS) is 9.33. The number of hydrogen-bond donors (Lipinski definition) is 1. The predicted octanol–water partition coefficient (Wildman–Crippen LogP) is 1.51. The number of hydrogen-bond acceptors (Lipinski definition) is 1. The summed E-state index contributed by atoms with van der Waals surface area (Å²) in [5, 5.41) is 10.5. The van der Waals surface area contributed by atoms with Crippen LogP contribution in [0.25, 0.3) is 6.08 Å². The lowest BCUT2D eigenvalue weighted by atomic mass is 10.2. The van der Waals surface area contributed by atoms with E-state index in [1.54, 1.807) is 12.1 Å². The fourth-order valence-corrected chi connectivity index (χ4v) is 1.80. The molecule has 0 unspecified atom stereocenters. The molecule has 0 aliphatic rings. The van der Waals surface area contributed by atoms with Crippen LogP contribution < -0.4 is 5.19 Å². The summed E-state index contributed by atoms with van der Waals surface area (Å²) in [4.78, 5) is 0. The molecule has 0 amide bonds. The maximum Gasteiger partial charge on any atom is 0.122 e. The molecular formula is C10H10OSi. The summed E-state index contributed by atoms with van der Waals surface area (Å²) in [6.07, 6.45) is 1.67. The second-order valence-electron chi connectivity index (χ2n) is 2.29. The smallest absolute Gasteiger partial charge is 0.122 e. The van der Waals surface area contributed by atoms with Gasteiger partial charge in [-0.25, -0.2) is 0 Å². The van der Waals surface area contributed by atoms with Crippen LogP contribution in [0, 0.1) is 0 Å². The minimum Gasteiger partial charge on any atom is -0.507 e. The molecule has 0 fully saturated rings. The number of phenolic OH excluding ortho intramolecular Hbond substituents is 1. The lowest BCUT2D eigenvalue weighted by molar-refractivity contribution is 0.474. The summed E-state index contributed by atoms with van der Waals surface area (Å²) in [6, 6.07) is 5.46. The molecule has 2 heteroatoms. The summed E-state index contributed by atoms with van der Waals surface area (Å²) < 4.78 is 0. The SMILES string of the molecule is C=C[Si]c1cccc(O)c1C=C. The van der Waals surface area contributed by atoms with E-state index in [0.717, 1.165) is 10.8 Å². The van der Waals surface area contributed by atoms with Crippen LogP contribution in [0.15, 0.2) is 37.1 Å². The highest BCUT2D eigenvalue weighted by atomic mass is 28.2. The highest BCUT2D eigenvalue weighted by Crippen LogP contribution is 2.14. The second kappa shape index (κ2) is 3.92. The van der Waals surface area contributed by atoms with Gasteiger partial charge in [0.15, 0.2) is 0 Å². The highest BCUT2D eigenvalue weighted by Gasteiger charge is 2.01. The first-order valence-corrected chi connectivity index (χ1v) is 4.69. The molecule has 12 heavy (non-hydrogen) atoms. The van der Waals surface area contributed by atoms with Crippen molar-refractivity contribution >= 4 is 20.8 Å². The van der Waals surface area contributed by atoms with E-state index in [1.807, 2.05) is 17.8 Å². The van der Waals surface area contributed by atoms with Crippen molar-refractivity contribution in [1.29, 1.82) is 0 Å². The van der Waals surface area contributed by atoms with E-state index in [1.165, 1.54) is 0 Å². The van der Waals surface area contributed by atoms with E-state index < -0.39 is 0 Å². The van der Waals surface area contributed by atoms with Crippen LogP contribution in [0.2, 0.25) is 0 Å². The van der Waals surface area contributed by atoms with Crippen molar-refractivity contribution in [1.82, 2.24) is 0 Å². The van der Waals surface area contributed by atoms with Crippen LogP contribution >= 0.6 is 0 Å². The molecule has 0 bridgehead atoms. The predicted molar refractivity (Wildman–Crippen MR) is 53.8 cm³/mol. The van der Waals surface area contributed by atoms with Crippen molar-refractivity contribution in [2.75, 3.05) is 0 Å². The van der Waals surface area contributed by atoms with Crippen LogP contribution in [0.5, 0.6) is 5.75 Å². The van der Waals surface area contributed by atoms with E-state index in [2.05, 4.69) is 13.2 Å². The standard InChI is InChI=1S/C10H10OSi/c1-3-8-9(11)6-5-7-10(8)12-4-2/h3-7,11H,1-2H2. The van der Waals surface area contributed by atoms with Crippen LogP contribution in [-0.4, -0.2) is 14.6 Å². The van der Waals surface area contributed by atoms with Gasteiger partial charge in [-0.1, -0.05) is 24.8 Å². The minimum absolute atomic E-state index is 0.289. The molecule has 0 saturated heterocycles. The minimum atomic E-state index is 0.289. The zero-order chi connectivity index (χ0) is 8.97. The Bertz CT molecular complexity index is 305. The van der Waals surface area contributed by atoms with Gasteiger partial charge in [-0.05, 0) is 11.3 Å². The van der Waals surface area contributed by atoms with Gasteiger partial charge < -0.3 is 5.11 Å². The van der Waals surface area contributed by atoms with Gasteiger partial charge in [0.2, 0.25) is 0 Å². The summed E-state index contributed by atoms with van der Waals surface area (Å²) in [5.74, 6) is 0.289. The van der Waals surface area contributed by atoms with Crippen molar-refractivity contribution in [3.05, 3.63) is 42.6 Å². The molecule has 0 aliphatic heterocycles. The molecular weight excluding hydrogens is 164 g/mol. The molecule has 0 heterocycles. The van der Waals surface area contributed by atoms with Crippen molar-refractivity contribution in [3.8, 4) is 5.75 Å². The maximum atomic E-state index is 9.42. The average molecular weight is 174 g/mol. The third kappa shape index (κ3) is 1.65. The lowest BCUT2D eigenvalue weighted by Gasteiger charge is -2.03. The van der Waals surface area contributed by atoms with Gasteiger partial charge in [0.25, 0.3) is 0 Å². The number of phenols is 1. The Morgan fingerprint density at radius 2 is 2.08 bits per heavy atom. The zero-order valence-electron chi connectivity index (χ0n) is 6.75. The average Bonchev–Trinajstić information content (AvgIpc) is 2.05. The quantitative estimate of drug-likeness (QED) is 0.689.